The zero-order valence-corrected chi connectivity index (χ0v) is 11.3. The largest absolute Gasteiger partial charge is 0.497 e. The minimum Gasteiger partial charge on any atom is -0.497 e. The highest BCUT2D eigenvalue weighted by Gasteiger charge is 2.30. The molecule has 20 heavy (non-hydrogen) atoms. The molecule has 0 spiro atoms. The van der Waals surface area contributed by atoms with Crippen LogP contribution >= 0.6 is 0 Å². The molecule has 0 heterocycles. The average molecular weight is 277 g/mol. The number of hydrogen-bond acceptors (Lipinski definition) is 2. The van der Waals surface area contributed by atoms with Gasteiger partial charge in [0.2, 0.25) is 0 Å². The molecule has 0 fully saturated rings. The highest BCUT2D eigenvalue weighted by Crippen LogP contribution is 2.26. The molecule has 4 heteroatoms. The van der Waals surface area contributed by atoms with Crippen LogP contribution < -0.4 is 10.1 Å². The van der Waals surface area contributed by atoms with Crippen molar-refractivity contribution in [2.24, 2.45) is 0 Å². The van der Waals surface area contributed by atoms with Gasteiger partial charge in [0.05, 0.1) is 13.7 Å². The predicted molar refractivity (Wildman–Crippen MR) is 75.0 cm³/mol. The number of benzene rings is 2. The van der Waals surface area contributed by atoms with E-state index in [1.165, 1.54) is 12.1 Å². The average Bonchev–Trinajstić information content (AvgIpc) is 2.48. The Kier molecular flexibility index (Phi) is 4.69. The van der Waals surface area contributed by atoms with Gasteiger partial charge >= 0.3 is 0 Å². The summed E-state index contributed by atoms with van der Waals surface area (Å²) in [4.78, 5) is 0. The molecule has 0 radical (unpaired) electrons. The van der Waals surface area contributed by atoms with Crippen molar-refractivity contribution in [3.05, 3.63) is 65.7 Å². The maximum Gasteiger partial charge on any atom is 0.285 e. The molecule has 2 rings (SSSR count). The molecule has 1 N–H and O–H groups in total. The first-order chi connectivity index (χ1) is 9.62. The van der Waals surface area contributed by atoms with E-state index in [4.69, 9.17) is 4.74 Å². The van der Waals surface area contributed by atoms with Crippen molar-refractivity contribution in [3.63, 3.8) is 0 Å². The Hall–Kier alpha value is -1.94. The number of methoxy groups -OCH3 is 1. The Labute approximate surface area is 117 Å². The monoisotopic (exact) mass is 277 g/mol. The normalized spacial score (nSPS) is 11.3. The molecule has 0 aliphatic carbocycles. The van der Waals surface area contributed by atoms with Crippen LogP contribution in [0.25, 0.3) is 0 Å². The Balaban J connectivity index is 1.92. The fraction of sp³-hybridized carbons (Fsp3) is 0.250. The molecule has 2 aromatic rings. The number of rotatable bonds is 6. The second kappa shape index (κ2) is 6.48. The van der Waals surface area contributed by atoms with E-state index in [0.29, 0.717) is 6.54 Å². The lowest BCUT2D eigenvalue weighted by atomic mass is 10.1. The lowest BCUT2D eigenvalue weighted by molar-refractivity contribution is -0.00343. The van der Waals surface area contributed by atoms with Crippen molar-refractivity contribution in [2.75, 3.05) is 13.7 Å². The van der Waals surface area contributed by atoms with E-state index in [0.717, 1.165) is 11.3 Å². The van der Waals surface area contributed by atoms with Crippen molar-refractivity contribution in [1.82, 2.24) is 5.32 Å². The van der Waals surface area contributed by atoms with E-state index in [9.17, 15) is 8.78 Å². The summed E-state index contributed by atoms with van der Waals surface area (Å²) in [6, 6.07) is 15.2. The van der Waals surface area contributed by atoms with Gasteiger partial charge in [-0.2, -0.15) is 8.78 Å². The van der Waals surface area contributed by atoms with Crippen LogP contribution in [-0.4, -0.2) is 13.7 Å². The zero-order chi connectivity index (χ0) is 14.4. The van der Waals surface area contributed by atoms with Gasteiger partial charge in [-0.15, -0.1) is 0 Å². The highest BCUT2D eigenvalue weighted by atomic mass is 19.3. The molecule has 0 aliphatic heterocycles. The standard InChI is InChI=1S/C16H17F2NO/c1-20-15-9-5-6-13(10-15)11-19-12-16(17,18)14-7-3-2-4-8-14/h2-10,19H,11-12H2,1H3. The Morgan fingerprint density at radius 3 is 2.50 bits per heavy atom. The molecule has 0 saturated carbocycles. The minimum atomic E-state index is -2.87. The van der Waals surface area contributed by atoms with E-state index in [1.807, 2.05) is 24.3 Å². The van der Waals surface area contributed by atoms with Crippen LogP contribution in [0.3, 0.4) is 0 Å². The third kappa shape index (κ3) is 3.78. The summed E-state index contributed by atoms with van der Waals surface area (Å²) < 4.78 is 32.9. The van der Waals surface area contributed by atoms with Crippen molar-refractivity contribution in [2.45, 2.75) is 12.5 Å². The van der Waals surface area contributed by atoms with Crippen LogP contribution in [0.1, 0.15) is 11.1 Å². The van der Waals surface area contributed by atoms with Gasteiger partial charge in [-0.3, -0.25) is 0 Å². The van der Waals surface area contributed by atoms with Crippen LogP contribution in [0.4, 0.5) is 8.78 Å². The van der Waals surface area contributed by atoms with Crippen molar-refractivity contribution >= 4 is 0 Å². The molecule has 0 atom stereocenters. The van der Waals surface area contributed by atoms with Gasteiger partial charge in [-0.25, -0.2) is 0 Å². The lowest BCUT2D eigenvalue weighted by Crippen LogP contribution is -2.30. The fourth-order valence-corrected chi connectivity index (χ4v) is 1.93. The number of alkyl halides is 2. The van der Waals surface area contributed by atoms with Gasteiger partial charge in [0, 0.05) is 12.1 Å². The molecule has 0 unspecified atom stereocenters. The molecule has 0 amide bonds. The summed E-state index contributed by atoms with van der Waals surface area (Å²) in [5, 5.41) is 2.79. The zero-order valence-electron chi connectivity index (χ0n) is 11.3. The molecule has 2 nitrogen and oxygen atoms in total. The molecule has 0 saturated heterocycles. The number of ether oxygens (including phenoxy) is 1. The van der Waals surface area contributed by atoms with Crippen LogP contribution in [0, 0.1) is 0 Å². The summed E-state index contributed by atoms with van der Waals surface area (Å²) in [6.45, 7) is -0.0200. The summed E-state index contributed by atoms with van der Waals surface area (Å²) in [5.74, 6) is -2.15. The quantitative estimate of drug-likeness (QED) is 0.871. The molecule has 0 bridgehead atoms. The second-order valence-electron chi connectivity index (χ2n) is 4.53. The van der Waals surface area contributed by atoms with E-state index < -0.39 is 12.5 Å². The first kappa shape index (κ1) is 14.5. The van der Waals surface area contributed by atoms with E-state index in [2.05, 4.69) is 5.32 Å². The van der Waals surface area contributed by atoms with Gasteiger partial charge in [-0.05, 0) is 17.7 Å². The van der Waals surface area contributed by atoms with Crippen LogP contribution in [-0.2, 0) is 12.5 Å². The maximum absolute atomic E-state index is 13.9. The maximum atomic E-state index is 13.9. The molecule has 0 aliphatic rings. The molecular weight excluding hydrogens is 260 g/mol. The van der Waals surface area contributed by atoms with Crippen molar-refractivity contribution < 1.29 is 13.5 Å². The molecule has 2 aromatic carbocycles. The van der Waals surface area contributed by atoms with Gasteiger partial charge < -0.3 is 10.1 Å². The summed E-state index contributed by atoms with van der Waals surface area (Å²) in [6.07, 6.45) is 0. The number of nitrogens with one attached hydrogen (secondary N) is 1. The number of halogens is 2. The van der Waals surface area contributed by atoms with Gasteiger partial charge in [0.25, 0.3) is 5.92 Å². The SMILES string of the molecule is COc1cccc(CNCC(F)(F)c2ccccc2)c1. The van der Waals surface area contributed by atoms with Crippen LogP contribution in [0.5, 0.6) is 5.75 Å². The lowest BCUT2D eigenvalue weighted by Gasteiger charge is -2.17. The molecule has 106 valence electrons. The van der Waals surface area contributed by atoms with E-state index in [-0.39, 0.29) is 5.56 Å². The minimum absolute atomic E-state index is 0.0261. The van der Waals surface area contributed by atoms with Gasteiger partial charge in [-0.1, -0.05) is 42.5 Å². The fourth-order valence-electron chi connectivity index (χ4n) is 1.93. The summed E-state index contributed by atoms with van der Waals surface area (Å²) >= 11 is 0. The topological polar surface area (TPSA) is 21.3 Å². The Bertz CT molecular complexity index is 543. The predicted octanol–water partition coefficient (Wildman–Crippen LogP) is 3.58. The van der Waals surface area contributed by atoms with Crippen molar-refractivity contribution in [3.8, 4) is 5.75 Å². The van der Waals surface area contributed by atoms with Gasteiger partial charge in [0.15, 0.2) is 0 Å². The van der Waals surface area contributed by atoms with E-state index >= 15 is 0 Å². The summed E-state index contributed by atoms with van der Waals surface area (Å²) in [7, 11) is 1.58. The smallest absolute Gasteiger partial charge is 0.285 e. The van der Waals surface area contributed by atoms with Gasteiger partial charge in [0.1, 0.15) is 5.75 Å². The molecule has 0 aromatic heterocycles. The molecular formula is C16H17F2NO. The Morgan fingerprint density at radius 1 is 1.05 bits per heavy atom. The highest BCUT2D eigenvalue weighted by molar-refractivity contribution is 5.28. The van der Waals surface area contributed by atoms with E-state index in [1.54, 1.807) is 25.3 Å². The third-order valence-corrected chi connectivity index (χ3v) is 3.01. The second-order valence-corrected chi connectivity index (χ2v) is 4.53. The third-order valence-electron chi connectivity index (χ3n) is 3.01. The van der Waals surface area contributed by atoms with Crippen molar-refractivity contribution in [1.29, 1.82) is 0 Å². The van der Waals surface area contributed by atoms with Crippen LogP contribution in [0.15, 0.2) is 54.6 Å². The number of hydrogen-bond donors (Lipinski definition) is 1. The Morgan fingerprint density at radius 2 is 1.80 bits per heavy atom. The first-order valence-corrected chi connectivity index (χ1v) is 6.39. The first-order valence-electron chi connectivity index (χ1n) is 6.39. The van der Waals surface area contributed by atoms with Crippen LogP contribution in [0.2, 0.25) is 0 Å². The summed E-state index contributed by atoms with van der Waals surface area (Å²) in [5.41, 5.74) is 0.936.